The monoisotopic (exact) mass is 603 g/mol. The van der Waals surface area contributed by atoms with E-state index in [0.717, 1.165) is 12.1 Å². The standard InChI is InChI=1S/C23H21BrF3N3O4S2/c1-34-21-10-15(19(24)11-20(21)31)13-29-36(32,33)18-8-6-17(7-9-18)30-22(35)28-12-14-2-4-16(5-3-14)23(25,26)27/h2-11,29,31H,12-13H2,1H3,(H2,28,30,35). The number of sulfonamides is 1. The summed E-state index contributed by atoms with van der Waals surface area (Å²) in [7, 11) is -2.45. The molecule has 0 saturated heterocycles. The predicted octanol–water partition coefficient (Wildman–Crippen LogP) is 5.15. The van der Waals surface area contributed by atoms with Crippen LogP contribution in [0.5, 0.6) is 11.5 Å². The van der Waals surface area contributed by atoms with Crippen molar-refractivity contribution in [1.29, 1.82) is 0 Å². The summed E-state index contributed by atoms with van der Waals surface area (Å²) in [4.78, 5) is 0.0264. The Morgan fingerprint density at radius 1 is 1.06 bits per heavy atom. The molecule has 7 nitrogen and oxygen atoms in total. The summed E-state index contributed by atoms with van der Waals surface area (Å²) < 4.78 is 71.4. The zero-order chi connectivity index (χ0) is 26.5. The Kier molecular flexibility index (Phi) is 8.82. The molecule has 0 atom stereocenters. The van der Waals surface area contributed by atoms with Gasteiger partial charge in [0.25, 0.3) is 0 Å². The summed E-state index contributed by atoms with van der Waals surface area (Å²) in [6, 6.07) is 13.5. The zero-order valence-corrected chi connectivity index (χ0v) is 21.9. The Balaban J connectivity index is 1.56. The van der Waals surface area contributed by atoms with E-state index in [1.807, 2.05) is 0 Å². The molecule has 3 aromatic carbocycles. The lowest BCUT2D eigenvalue weighted by molar-refractivity contribution is -0.137. The molecule has 0 aliphatic carbocycles. The summed E-state index contributed by atoms with van der Waals surface area (Å²) in [5.74, 6) is 0.136. The molecule has 36 heavy (non-hydrogen) atoms. The van der Waals surface area contributed by atoms with Crippen LogP contribution in [0.1, 0.15) is 16.7 Å². The molecule has 0 fully saturated rings. The minimum atomic E-state index is -4.39. The maximum Gasteiger partial charge on any atom is 0.416 e. The van der Waals surface area contributed by atoms with Crippen LogP contribution in [-0.2, 0) is 29.3 Å². The van der Waals surface area contributed by atoms with Gasteiger partial charge in [-0.2, -0.15) is 13.2 Å². The average Bonchev–Trinajstić information content (AvgIpc) is 2.82. The van der Waals surface area contributed by atoms with Crippen molar-refractivity contribution < 1.29 is 31.4 Å². The maximum absolute atomic E-state index is 12.7. The molecule has 4 N–H and O–H groups in total. The number of methoxy groups -OCH3 is 1. The lowest BCUT2D eigenvalue weighted by atomic mass is 10.1. The van der Waals surface area contributed by atoms with Gasteiger partial charge < -0.3 is 20.5 Å². The number of phenols is 1. The van der Waals surface area contributed by atoms with Crippen molar-refractivity contribution in [1.82, 2.24) is 10.0 Å². The summed E-state index contributed by atoms with van der Waals surface area (Å²) >= 11 is 8.48. The number of rotatable bonds is 8. The molecular formula is C23H21BrF3N3O4S2. The number of hydrogen-bond acceptors (Lipinski definition) is 5. The van der Waals surface area contributed by atoms with Crippen LogP contribution in [0.3, 0.4) is 0 Å². The van der Waals surface area contributed by atoms with Crippen molar-refractivity contribution in [3.05, 3.63) is 81.8 Å². The normalized spacial score (nSPS) is 11.7. The fraction of sp³-hybridized carbons (Fsp3) is 0.174. The van der Waals surface area contributed by atoms with E-state index >= 15 is 0 Å². The fourth-order valence-corrected chi connectivity index (χ4v) is 4.69. The molecule has 0 aliphatic heterocycles. The van der Waals surface area contributed by atoms with Crippen molar-refractivity contribution in [2.75, 3.05) is 12.4 Å². The van der Waals surface area contributed by atoms with Gasteiger partial charge in [0.15, 0.2) is 16.6 Å². The van der Waals surface area contributed by atoms with E-state index in [2.05, 4.69) is 31.3 Å². The Morgan fingerprint density at radius 2 is 1.69 bits per heavy atom. The van der Waals surface area contributed by atoms with Crippen molar-refractivity contribution in [2.24, 2.45) is 0 Å². The highest BCUT2D eigenvalue weighted by molar-refractivity contribution is 9.10. The lowest BCUT2D eigenvalue weighted by Crippen LogP contribution is -2.28. The van der Waals surface area contributed by atoms with Crippen LogP contribution in [-0.4, -0.2) is 25.7 Å². The van der Waals surface area contributed by atoms with Gasteiger partial charge in [-0.05, 0) is 71.9 Å². The van der Waals surface area contributed by atoms with Gasteiger partial charge in [-0.15, -0.1) is 0 Å². The molecule has 0 unspecified atom stereocenters. The minimum Gasteiger partial charge on any atom is -0.504 e. The molecule has 192 valence electrons. The molecule has 0 heterocycles. The van der Waals surface area contributed by atoms with Crippen LogP contribution in [0.4, 0.5) is 18.9 Å². The Hall–Kier alpha value is -2.87. The van der Waals surface area contributed by atoms with Gasteiger partial charge >= 0.3 is 6.18 Å². The molecule has 0 aliphatic rings. The van der Waals surface area contributed by atoms with Gasteiger partial charge in [-0.1, -0.05) is 28.1 Å². The number of anilines is 1. The molecule has 3 rings (SSSR count). The SMILES string of the molecule is COc1cc(CNS(=O)(=O)c2ccc(NC(=S)NCc3ccc(C(F)(F)F)cc3)cc2)c(Br)cc1O. The third kappa shape index (κ3) is 7.32. The van der Waals surface area contributed by atoms with E-state index in [-0.39, 0.29) is 34.6 Å². The van der Waals surface area contributed by atoms with Crippen molar-refractivity contribution in [3.63, 3.8) is 0 Å². The molecule has 0 spiro atoms. The molecule has 0 saturated carbocycles. The quantitative estimate of drug-likeness (QED) is 0.264. The summed E-state index contributed by atoms with van der Waals surface area (Å²) in [6.45, 7) is 0.162. The van der Waals surface area contributed by atoms with E-state index in [4.69, 9.17) is 17.0 Å². The maximum atomic E-state index is 12.7. The molecule has 0 amide bonds. The van der Waals surface area contributed by atoms with Crippen molar-refractivity contribution in [2.45, 2.75) is 24.2 Å². The van der Waals surface area contributed by atoms with E-state index in [1.54, 1.807) is 0 Å². The molecule has 3 aromatic rings. The predicted molar refractivity (Wildman–Crippen MR) is 137 cm³/mol. The topological polar surface area (TPSA) is 99.7 Å². The number of hydrogen-bond donors (Lipinski definition) is 4. The highest BCUT2D eigenvalue weighted by Gasteiger charge is 2.29. The summed E-state index contributed by atoms with van der Waals surface area (Å²) in [5.41, 5.74) is 0.963. The summed E-state index contributed by atoms with van der Waals surface area (Å²) in [6.07, 6.45) is -4.39. The first-order valence-electron chi connectivity index (χ1n) is 10.2. The zero-order valence-electron chi connectivity index (χ0n) is 18.7. The Morgan fingerprint density at radius 3 is 2.28 bits per heavy atom. The van der Waals surface area contributed by atoms with Gasteiger partial charge in [0, 0.05) is 23.2 Å². The first-order valence-corrected chi connectivity index (χ1v) is 12.9. The highest BCUT2D eigenvalue weighted by atomic mass is 79.9. The van der Waals surface area contributed by atoms with Crippen molar-refractivity contribution in [3.8, 4) is 11.5 Å². The van der Waals surface area contributed by atoms with Crippen LogP contribution in [0.15, 0.2) is 70.0 Å². The highest BCUT2D eigenvalue weighted by Crippen LogP contribution is 2.32. The lowest BCUT2D eigenvalue weighted by Gasteiger charge is -2.13. The van der Waals surface area contributed by atoms with Crippen LogP contribution >= 0.6 is 28.1 Å². The largest absolute Gasteiger partial charge is 0.504 e. The van der Waals surface area contributed by atoms with E-state index in [9.17, 15) is 26.7 Å². The van der Waals surface area contributed by atoms with Crippen LogP contribution < -0.4 is 20.1 Å². The number of ether oxygens (including phenoxy) is 1. The van der Waals surface area contributed by atoms with Gasteiger partial charge in [-0.3, -0.25) is 0 Å². The number of benzene rings is 3. The third-order valence-corrected chi connectivity index (χ3v) is 7.36. The molecule has 0 radical (unpaired) electrons. The van der Waals surface area contributed by atoms with Gasteiger partial charge in [-0.25, -0.2) is 13.1 Å². The van der Waals surface area contributed by atoms with Crippen LogP contribution in [0.25, 0.3) is 0 Å². The third-order valence-electron chi connectivity index (χ3n) is 4.96. The minimum absolute atomic E-state index is 0.0264. The molecule has 13 heteroatoms. The fourth-order valence-electron chi connectivity index (χ4n) is 3.03. The first kappa shape index (κ1) is 27.7. The smallest absolute Gasteiger partial charge is 0.416 e. The van der Waals surface area contributed by atoms with Gasteiger partial charge in [0.05, 0.1) is 17.6 Å². The first-order chi connectivity index (χ1) is 16.9. The number of phenolic OH excluding ortho intramolecular Hbond substituents is 1. The number of aromatic hydroxyl groups is 1. The molecular weight excluding hydrogens is 583 g/mol. The number of halogens is 4. The summed E-state index contributed by atoms with van der Waals surface area (Å²) in [5, 5.41) is 15.8. The van der Waals surface area contributed by atoms with Gasteiger partial charge in [0.1, 0.15) is 0 Å². The molecule has 0 aromatic heterocycles. The van der Waals surface area contributed by atoms with Crippen molar-refractivity contribution >= 4 is 49.0 Å². The number of thiocarbonyl (C=S) groups is 1. The average molecular weight is 604 g/mol. The second-order valence-corrected chi connectivity index (χ2v) is 10.5. The Bertz CT molecular complexity index is 1330. The number of nitrogens with one attached hydrogen (secondary N) is 3. The van der Waals surface area contributed by atoms with E-state index in [0.29, 0.717) is 21.3 Å². The molecule has 0 bridgehead atoms. The van der Waals surface area contributed by atoms with E-state index < -0.39 is 21.8 Å². The van der Waals surface area contributed by atoms with Crippen LogP contribution in [0, 0.1) is 0 Å². The van der Waals surface area contributed by atoms with Gasteiger partial charge in [0.2, 0.25) is 10.0 Å². The Labute approximate surface area is 219 Å². The van der Waals surface area contributed by atoms with Crippen LogP contribution in [0.2, 0.25) is 0 Å². The second kappa shape index (κ2) is 11.5. The van der Waals surface area contributed by atoms with E-state index in [1.165, 1.54) is 55.6 Å². The number of alkyl halides is 3. The second-order valence-electron chi connectivity index (χ2n) is 7.47.